The largest absolute Gasteiger partial charge is 0.493 e. The molecule has 1 heterocycles. The van der Waals surface area contributed by atoms with E-state index >= 15 is 0 Å². The van der Waals surface area contributed by atoms with Crippen molar-refractivity contribution in [2.75, 3.05) is 20.8 Å². The van der Waals surface area contributed by atoms with Gasteiger partial charge in [0, 0.05) is 38.5 Å². The molecule has 8 heteroatoms. The second kappa shape index (κ2) is 11.9. The fourth-order valence-corrected chi connectivity index (χ4v) is 5.30. The van der Waals surface area contributed by atoms with Gasteiger partial charge in [0.2, 0.25) is 5.92 Å². The third kappa shape index (κ3) is 7.46. The molecule has 1 aromatic heterocycles. The van der Waals surface area contributed by atoms with Gasteiger partial charge in [0.05, 0.1) is 12.2 Å². The molecule has 0 N–H and O–H groups in total. The van der Waals surface area contributed by atoms with E-state index in [0.717, 1.165) is 17.4 Å². The van der Waals surface area contributed by atoms with Crippen LogP contribution in [-0.2, 0) is 15.3 Å². The van der Waals surface area contributed by atoms with E-state index in [1.54, 1.807) is 38.5 Å². The molecule has 0 bridgehead atoms. The van der Waals surface area contributed by atoms with Crippen LogP contribution in [0.3, 0.4) is 0 Å². The number of alkyl halides is 2. The maximum absolute atomic E-state index is 14.2. The van der Waals surface area contributed by atoms with Crippen LogP contribution in [0.15, 0.2) is 57.7 Å². The summed E-state index contributed by atoms with van der Waals surface area (Å²) in [6, 6.07) is 15.3. The van der Waals surface area contributed by atoms with Crippen LogP contribution >= 0.6 is 0 Å². The van der Waals surface area contributed by atoms with Gasteiger partial charge >= 0.3 is 14.2 Å². The summed E-state index contributed by atoms with van der Waals surface area (Å²) in [5.41, 5.74) is 2.46. The third-order valence-electron chi connectivity index (χ3n) is 6.37. The van der Waals surface area contributed by atoms with Crippen molar-refractivity contribution in [2.24, 2.45) is 0 Å². The average Bonchev–Trinajstić information content (AvgIpc) is 2.86. The number of aryl methyl sites for hydroxylation is 1. The Morgan fingerprint density at radius 2 is 1.66 bits per heavy atom. The van der Waals surface area contributed by atoms with E-state index < -0.39 is 20.1 Å². The predicted molar refractivity (Wildman–Crippen MR) is 137 cm³/mol. The molecule has 190 valence electrons. The summed E-state index contributed by atoms with van der Waals surface area (Å²) >= 11 is 0. The number of ether oxygens (including phenoxy) is 1. The molecular weight excluding hydrogens is 470 g/mol. The molecule has 3 rings (SSSR count). The molecule has 2 aromatic carbocycles. The Kier molecular flexibility index (Phi) is 9.21. The van der Waals surface area contributed by atoms with Crippen LogP contribution in [0.1, 0.15) is 38.2 Å². The highest BCUT2D eigenvalue weighted by Crippen LogP contribution is 2.29. The molecule has 0 amide bonds. The number of halogens is 2. The number of fused-ring (bicyclic) bond motifs is 1. The van der Waals surface area contributed by atoms with Crippen molar-refractivity contribution in [3.63, 3.8) is 0 Å². The Hall–Kier alpha value is -2.55. The first-order chi connectivity index (χ1) is 16.7. The highest BCUT2D eigenvalue weighted by molar-refractivity contribution is 6.65. The molecule has 0 aliphatic heterocycles. The Morgan fingerprint density at radius 1 is 0.971 bits per heavy atom. The highest BCUT2D eigenvalue weighted by Gasteiger charge is 2.32. The maximum atomic E-state index is 14.2. The number of hydrogen-bond donors (Lipinski definition) is 0. The third-order valence-corrected chi connectivity index (χ3v) is 9.36. The lowest BCUT2D eigenvalue weighted by Crippen LogP contribution is -2.36. The second-order valence-electron chi connectivity index (χ2n) is 8.90. The summed E-state index contributed by atoms with van der Waals surface area (Å²) in [7, 11) is 0.803. The van der Waals surface area contributed by atoms with Gasteiger partial charge in [-0.05, 0) is 61.2 Å². The van der Waals surface area contributed by atoms with E-state index in [4.69, 9.17) is 18.0 Å². The summed E-state index contributed by atoms with van der Waals surface area (Å²) in [5, 5.41) is 0.765. The van der Waals surface area contributed by atoms with E-state index in [1.165, 1.54) is 5.56 Å². The molecule has 0 fully saturated rings. The van der Waals surface area contributed by atoms with E-state index in [2.05, 4.69) is 6.92 Å². The van der Waals surface area contributed by atoms with Gasteiger partial charge in [-0.25, -0.2) is 13.6 Å². The van der Waals surface area contributed by atoms with Gasteiger partial charge in [-0.3, -0.25) is 0 Å². The van der Waals surface area contributed by atoms with E-state index in [0.29, 0.717) is 29.4 Å². The van der Waals surface area contributed by atoms with E-state index in [9.17, 15) is 13.6 Å². The minimum Gasteiger partial charge on any atom is -0.493 e. The molecule has 0 spiro atoms. The van der Waals surface area contributed by atoms with Crippen molar-refractivity contribution >= 4 is 19.5 Å². The fraction of sp³-hybridized carbons (Fsp3) is 0.444. The van der Waals surface area contributed by atoms with Gasteiger partial charge < -0.3 is 18.0 Å². The Labute approximate surface area is 206 Å². The summed E-state index contributed by atoms with van der Waals surface area (Å²) in [6.07, 6.45) is 1.04. The molecule has 0 aliphatic rings. The minimum absolute atomic E-state index is 0.149. The first-order valence-electron chi connectivity index (χ1n) is 12.0. The van der Waals surface area contributed by atoms with Crippen molar-refractivity contribution < 1.29 is 26.8 Å². The van der Waals surface area contributed by atoms with Crippen LogP contribution < -0.4 is 10.4 Å². The van der Waals surface area contributed by atoms with Crippen molar-refractivity contribution in [3.8, 4) is 16.9 Å². The molecule has 0 radical (unpaired) electrons. The minimum atomic E-state index is -2.76. The SMILES string of the molecule is CCc1ccc(-c2cc3ccc(OCCCC(F)(F)CCC[Si](C)(OC)OC)cc3oc2=O)cc1. The number of benzene rings is 2. The second-order valence-corrected chi connectivity index (χ2v) is 12.5. The van der Waals surface area contributed by atoms with Crippen LogP contribution in [0, 0.1) is 0 Å². The molecule has 0 atom stereocenters. The monoisotopic (exact) mass is 504 g/mol. The normalized spacial score (nSPS) is 12.3. The molecule has 0 aliphatic carbocycles. The summed E-state index contributed by atoms with van der Waals surface area (Å²) in [5.74, 6) is -2.28. The van der Waals surface area contributed by atoms with Gasteiger partial charge in [0.15, 0.2) is 0 Å². The molecule has 0 saturated heterocycles. The van der Waals surface area contributed by atoms with Crippen LogP contribution in [0.5, 0.6) is 5.75 Å². The molecule has 0 unspecified atom stereocenters. The van der Waals surface area contributed by atoms with Crippen LogP contribution in [0.4, 0.5) is 8.78 Å². The quantitative estimate of drug-likeness (QED) is 0.143. The van der Waals surface area contributed by atoms with Crippen molar-refractivity contribution in [3.05, 3.63) is 64.5 Å². The number of hydrogen-bond acceptors (Lipinski definition) is 5. The van der Waals surface area contributed by atoms with Gasteiger partial charge in [0.1, 0.15) is 11.3 Å². The lowest BCUT2D eigenvalue weighted by molar-refractivity contribution is -0.0215. The molecule has 5 nitrogen and oxygen atoms in total. The van der Waals surface area contributed by atoms with Crippen LogP contribution in [0.2, 0.25) is 12.6 Å². The summed E-state index contributed by atoms with van der Waals surface area (Å²) in [4.78, 5) is 12.6. The molecular formula is C27H34F2O5Si. The predicted octanol–water partition coefficient (Wildman–Crippen LogP) is 6.96. The Balaban J connectivity index is 1.55. The molecule has 3 aromatic rings. The first-order valence-corrected chi connectivity index (χ1v) is 14.5. The zero-order valence-electron chi connectivity index (χ0n) is 20.9. The van der Waals surface area contributed by atoms with Gasteiger partial charge in [-0.1, -0.05) is 31.2 Å². The Morgan fingerprint density at radius 3 is 2.31 bits per heavy atom. The standard InChI is InChI=1S/C27H34F2O5Si/c1-5-20-8-10-21(11-9-20)24-18-22-12-13-23(19-25(22)34-26(24)30)33-16-6-14-27(28,29)15-7-17-35(4,31-2)32-3/h8-13,18-19H,5-7,14-17H2,1-4H3. The average molecular weight is 505 g/mol. The topological polar surface area (TPSA) is 57.9 Å². The van der Waals surface area contributed by atoms with Crippen molar-refractivity contribution in [1.82, 2.24) is 0 Å². The van der Waals surface area contributed by atoms with Crippen molar-refractivity contribution in [2.45, 2.75) is 57.5 Å². The van der Waals surface area contributed by atoms with Crippen molar-refractivity contribution in [1.29, 1.82) is 0 Å². The van der Waals surface area contributed by atoms with Gasteiger partial charge in [0.25, 0.3) is 0 Å². The zero-order chi connectivity index (χ0) is 25.5. The van der Waals surface area contributed by atoms with Gasteiger partial charge in [-0.2, -0.15) is 0 Å². The van der Waals surface area contributed by atoms with Crippen LogP contribution in [-0.4, -0.2) is 35.3 Å². The molecule has 0 saturated carbocycles. The highest BCUT2D eigenvalue weighted by atomic mass is 28.4. The molecule has 35 heavy (non-hydrogen) atoms. The van der Waals surface area contributed by atoms with Crippen LogP contribution in [0.25, 0.3) is 22.1 Å². The Bertz CT molecular complexity index is 1160. The fourth-order valence-electron chi connectivity index (χ4n) is 3.90. The van der Waals surface area contributed by atoms with E-state index in [1.807, 2.05) is 30.8 Å². The zero-order valence-corrected chi connectivity index (χ0v) is 21.9. The lowest BCUT2D eigenvalue weighted by atomic mass is 10.0. The van der Waals surface area contributed by atoms with Gasteiger partial charge in [-0.15, -0.1) is 0 Å². The smallest absolute Gasteiger partial charge is 0.344 e. The maximum Gasteiger partial charge on any atom is 0.344 e. The summed E-state index contributed by atoms with van der Waals surface area (Å²) < 4.78 is 50.3. The summed E-state index contributed by atoms with van der Waals surface area (Å²) in [6.45, 7) is 4.10. The lowest BCUT2D eigenvalue weighted by Gasteiger charge is -2.24. The first kappa shape index (κ1) is 27.0. The van der Waals surface area contributed by atoms with E-state index in [-0.39, 0.29) is 25.9 Å². The number of rotatable bonds is 13.